The predicted molar refractivity (Wildman–Crippen MR) is 110 cm³/mol. The lowest BCUT2D eigenvalue weighted by atomic mass is 9.95. The zero-order valence-corrected chi connectivity index (χ0v) is 16.2. The zero-order valence-electron chi connectivity index (χ0n) is 14.6. The Morgan fingerprint density at radius 3 is 2.25 bits per heavy atom. The van der Waals surface area contributed by atoms with Gasteiger partial charge in [-0.15, -0.1) is 0 Å². The Hall–Kier alpha value is -3.25. The highest BCUT2D eigenvalue weighted by Crippen LogP contribution is 2.41. The normalized spacial score (nSPS) is 18.5. The van der Waals surface area contributed by atoms with Crippen molar-refractivity contribution in [3.8, 4) is 0 Å². The van der Waals surface area contributed by atoms with Gasteiger partial charge in [0.1, 0.15) is 11.6 Å². The maximum absolute atomic E-state index is 12.9. The summed E-state index contributed by atoms with van der Waals surface area (Å²) in [6.07, 6.45) is 1.56. The topological polar surface area (TPSA) is 70.5 Å². The quantitative estimate of drug-likeness (QED) is 0.375. The number of amides is 1. The van der Waals surface area contributed by atoms with Crippen LogP contribution in [0, 0.1) is 0 Å². The number of carbonyl (C=O) groups excluding carboxylic acids is 2. The highest BCUT2D eigenvalue weighted by molar-refractivity contribution is 9.10. The summed E-state index contributed by atoms with van der Waals surface area (Å²) >= 11 is 3.40. The van der Waals surface area contributed by atoms with E-state index in [1.54, 1.807) is 48.7 Å². The fourth-order valence-electron chi connectivity index (χ4n) is 3.28. The van der Waals surface area contributed by atoms with Gasteiger partial charge in [-0.1, -0.05) is 64.5 Å². The van der Waals surface area contributed by atoms with Crippen LogP contribution in [0.1, 0.15) is 17.2 Å². The number of hydrogen-bond donors (Lipinski definition) is 1. The Morgan fingerprint density at radius 1 is 0.929 bits per heavy atom. The van der Waals surface area contributed by atoms with E-state index in [4.69, 9.17) is 0 Å². The van der Waals surface area contributed by atoms with Crippen LogP contribution in [0.5, 0.6) is 0 Å². The van der Waals surface area contributed by atoms with Crippen molar-refractivity contribution >= 4 is 39.2 Å². The zero-order chi connectivity index (χ0) is 19.7. The number of Topliss-reactive ketones (excluding diaryl/α,β-unsaturated/α-hetero) is 1. The van der Waals surface area contributed by atoms with Crippen molar-refractivity contribution in [3.63, 3.8) is 0 Å². The summed E-state index contributed by atoms with van der Waals surface area (Å²) in [4.78, 5) is 31.4. The monoisotopic (exact) mass is 434 g/mol. The van der Waals surface area contributed by atoms with E-state index in [9.17, 15) is 14.7 Å². The summed E-state index contributed by atoms with van der Waals surface area (Å²) in [7, 11) is 0. The Kier molecular flexibility index (Phi) is 4.79. The van der Waals surface area contributed by atoms with Gasteiger partial charge in [-0.2, -0.15) is 0 Å². The number of aliphatic hydroxyl groups is 1. The van der Waals surface area contributed by atoms with Crippen molar-refractivity contribution in [2.75, 3.05) is 4.90 Å². The predicted octanol–water partition coefficient (Wildman–Crippen LogP) is 4.47. The fraction of sp³-hybridized carbons (Fsp3) is 0.0455. The molecular weight excluding hydrogens is 420 g/mol. The van der Waals surface area contributed by atoms with Gasteiger partial charge in [-0.25, -0.2) is 4.98 Å². The van der Waals surface area contributed by atoms with Crippen molar-refractivity contribution in [2.45, 2.75) is 6.04 Å². The van der Waals surface area contributed by atoms with Crippen LogP contribution in [-0.2, 0) is 9.59 Å². The molecule has 1 fully saturated rings. The molecule has 3 aromatic rings. The number of carbonyl (C=O) groups is 2. The number of nitrogens with zero attached hydrogens (tertiary/aromatic N) is 2. The fourth-order valence-corrected chi connectivity index (χ4v) is 3.54. The molecule has 0 bridgehead atoms. The van der Waals surface area contributed by atoms with Gasteiger partial charge in [-0.3, -0.25) is 14.5 Å². The molecule has 1 amide bonds. The molecule has 1 aliphatic heterocycles. The maximum Gasteiger partial charge on any atom is 0.301 e. The number of hydrogen-bond acceptors (Lipinski definition) is 4. The number of aromatic nitrogens is 1. The summed E-state index contributed by atoms with van der Waals surface area (Å²) in [6.45, 7) is 0. The van der Waals surface area contributed by atoms with E-state index in [0.717, 1.165) is 4.47 Å². The van der Waals surface area contributed by atoms with Gasteiger partial charge in [0.15, 0.2) is 0 Å². The molecule has 1 atom stereocenters. The lowest BCUT2D eigenvalue weighted by molar-refractivity contribution is -0.132. The Labute approximate surface area is 170 Å². The second-order valence-corrected chi connectivity index (χ2v) is 7.19. The second kappa shape index (κ2) is 7.40. The molecule has 0 saturated carbocycles. The van der Waals surface area contributed by atoms with E-state index in [1.165, 1.54) is 4.90 Å². The Bertz CT molecular complexity index is 1060. The molecule has 1 unspecified atom stereocenters. The second-order valence-electron chi connectivity index (χ2n) is 6.27. The van der Waals surface area contributed by atoms with E-state index in [1.807, 2.05) is 30.3 Å². The minimum absolute atomic E-state index is 0.0455. The minimum Gasteiger partial charge on any atom is -0.507 e. The van der Waals surface area contributed by atoms with Crippen LogP contribution in [0.2, 0.25) is 0 Å². The van der Waals surface area contributed by atoms with Crippen LogP contribution in [0.4, 0.5) is 5.82 Å². The molecule has 6 heteroatoms. The molecule has 2 aromatic carbocycles. The molecule has 2 heterocycles. The van der Waals surface area contributed by atoms with Crippen LogP contribution in [0.3, 0.4) is 0 Å². The van der Waals surface area contributed by atoms with Crippen LogP contribution in [-0.4, -0.2) is 21.8 Å². The van der Waals surface area contributed by atoms with Gasteiger partial charge in [0.2, 0.25) is 0 Å². The third kappa shape index (κ3) is 3.12. The van der Waals surface area contributed by atoms with E-state index in [0.29, 0.717) is 16.9 Å². The molecule has 0 aliphatic carbocycles. The van der Waals surface area contributed by atoms with Crippen molar-refractivity contribution in [1.29, 1.82) is 0 Å². The number of anilines is 1. The van der Waals surface area contributed by atoms with Crippen molar-refractivity contribution in [1.82, 2.24) is 4.98 Å². The highest BCUT2D eigenvalue weighted by atomic mass is 79.9. The van der Waals surface area contributed by atoms with Crippen LogP contribution in [0.15, 0.2) is 89.0 Å². The summed E-state index contributed by atoms with van der Waals surface area (Å²) in [5, 5.41) is 10.9. The van der Waals surface area contributed by atoms with Gasteiger partial charge >= 0.3 is 5.91 Å². The van der Waals surface area contributed by atoms with Gasteiger partial charge in [0.25, 0.3) is 5.78 Å². The number of rotatable bonds is 3. The Morgan fingerprint density at radius 2 is 1.61 bits per heavy atom. The molecule has 0 spiro atoms. The minimum atomic E-state index is -0.775. The number of halogens is 1. The van der Waals surface area contributed by atoms with E-state index in [-0.39, 0.29) is 11.3 Å². The summed E-state index contributed by atoms with van der Waals surface area (Å²) in [6, 6.07) is 20.4. The van der Waals surface area contributed by atoms with Gasteiger partial charge < -0.3 is 5.11 Å². The summed E-state index contributed by atoms with van der Waals surface area (Å²) < 4.78 is 0.870. The van der Waals surface area contributed by atoms with E-state index in [2.05, 4.69) is 20.9 Å². The molecule has 0 radical (unpaired) electrons. The first-order valence-corrected chi connectivity index (χ1v) is 9.40. The first-order chi connectivity index (χ1) is 13.6. The molecular formula is C22H15BrN2O3. The number of benzene rings is 2. The van der Waals surface area contributed by atoms with Crippen LogP contribution >= 0.6 is 15.9 Å². The van der Waals surface area contributed by atoms with E-state index >= 15 is 0 Å². The molecule has 4 rings (SSSR count). The largest absolute Gasteiger partial charge is 0.507 e. The molecule has 28 heavy (non-hydrogen) atoms. The first-order valence-electron chi connectivity index (χ1n) is 8.61. The highest BCUT2D eigenvalue weighted by Gasteiger charge is 2.47. The lowest BCUT2D eigenvalue weighted by Crippen LogP contribution is -2.30. The molecule has 1 N–H and O–H groups in total. The maximum atomic E-state index is 12.9. The third-order valence-corrected chi connectivity index (χ3v) is 5.10. The summed E-state index contributed by atoms with van der Waals surface area (Å²) in [5.74, 6) is -1.31. The molecule has 138 valence electrons. The van der Waals surface area contributed by atoms with Crippen LogP contribution in [0.25, 0.3) is 5.76 Å². The van der Waals surface area contributed by atoms with E-state index < -0.39 is 17.7 Å². The lowest BCUT2D eigenvalue weighted by Gasteiger charge is -2.24. The average Bonchev–Trinajstić information content (AvgIpc) is 3.00. The Balaban J connectivity index is 1.95. The van der Waals surface area contributed by atoms with Crippen molar-refractivity contribution < 1.29 is 14.7 Å². The van der Waals surface area contributed by atoms with Crippen molar-refractivity contribution in [2.24, 2.45) is 0 Å². The molecule has 1 aromatic heterocycles. The standard InChI is InChI=1S/C22H15BrN2O3/c23-16-11-9-14(10-12-16)19-18(20(26)15-6-2-1-3-7-15)21(27)22(28)25(19)17-8-4-5-13-24-17/h1-13,19,26H/b20-18-. The number of pyridine rings is 1. The molecule has 5 nitrogen and oxygen atoms in total. The molecule has 1 saturated heterocycles. The smallest absolute Gasteiger partial charge is 0.301 e. The van der Waals surface area contributed by atoms with Crippen LogP contribution < -0.4 is 4.90 Å². The average molecular weight is 435 g/mol. The van der Waals surface area contributed by atoms with Gasteiger partial charge in [0.05, 0.1) is 11.6 Å². The first kappa shape index (κ1) is 18.1. The SMILES string of the molecule is O=C1C(=O)N(c2ccccn2)C(c2ccc(Br)cc2)/C1=C(/O)c1ccccc1. The van der Waals surface area contributed by atoms with Gasteiger partial charge in [0, 0.05) is 16.2 Å². The number of ketones is 1. The van der Waals surface area contributed by atoms with Crippen molar-refractivity contribution in [3.05, 3.63) is 100 Å². The number of aliphatic hydroxyl groups excluding tert-OH is 1. The third-order valence-electron chi connectivity index (χ3n) is 4.57. The summed E-state index contributed by atoms with van der Waals surface area (Å²) in [5.41, 5.74) is 1.22. The van der Waals surface area contributed by atoms with Gasteiger partial charge in [-0.05, 0) is 29.8 Å². The molecule has 1 aliphatic rings.